The number of carboxylic acids is 1. The van der Waals surface area contributed by atoms with Crippen molar-refractivity contribution in [1.29, 1.82) is 0 Å². The van der Waals surface area contributed by atoms with Crippen LogP contribution in [0.1, 0.15) is 24.3 Å². The molecular formula is C9H14N2O3. The first-order valence-corrected chi connectivity index (χ1v) is 4.34. The Balaban J connectivity index is 2.94. The molecular weight excluding hydrogens is 184 g/mol. The second-order valence-electron chi connectivity index (χ2n) is 3.42. The van der Waals surface area contributed by atoms with E-state index >= 15 is 0 Å². The molecule has 0 amide bonds. The van der Waals surface area contributed by atoms with Crippen molar-refractivity contribution in [3.8, 4) is 0 Å². The molecule has 0 saturated heterocycles. The zero-order valence-corrected chi connectivity index (χ0v) is 8.43. The van der Waals surface area contributed by atoms with Gasteiger partial charge in [-0.1, -0.05) is 0 Å². The minimum Gasteiger partial charge on any atom is -0.481 e. The molecule has 0 spiro atoms. The van der Waals surface area contributed by atoms with E-state index in [9.17, 15) is 9.90 Å². The summed E-state index contributed by atoms with van der Waals surface area (Å²) >= 11 is 0. The van der Waals surface area contributed by atoms with Crippen LogP contribution in [0.15, 0.2) is 6.20 Å². The van der Waals surface area contributed by atoms with Gasteiger partial charge in [0, 0.05) is 18.8 Å². The molecule has 0 aliphatic carbocycles. The van der Waals surface area contributed by atoms with Gasteiger partial charge in [0.15, 0.2) is 0 Å². The summed E-state index contributed by atoms with van der Waals surface area (Å²) in [5.74, 6) is -1.83. The van der Waals surface area contributed by atoms with E-state index in [1.165, 1.54) is 6.92 Å². The van der Waals surface area contributed by atoms with E-state index in [1.807, 2.05) is 0 Å². The lowest BCUT2D eigenvalue weighted by atomic mass is 9.98. The third-order valence-corrected chi connectivity index (χ3v) is 2.23. The van der Waals surface area contributed by atoms with E-state index < -0.39 is 18.0 Å². The molecule has 5 nitrogen and oxygen atoms in total. The molecule has 78 valence electrons. The smallest absolute Gasteiger partial charge is 0.309 e. The Bertz CT molecular complexity index is 346. The number of aromatic nitrogens is 2. The van der Waals surface area contributed by atoms with Crippen LogP contribution in [-0.4, -0.2) is 26.0 Å². The molecule has 1 heterocycles. The second-order valence-corrected chi connectivity index (χ2v) is 3.42. The summed E-state index contributed by atoms with van der Waals surface area (Å²) in [6, 6.07) is 0. The van der Waals surface area contributed by atoms with Gasteiger partial charge in [-0.3, -0.25) is 9.48 Å². The first-order valence-electron chi connectivity index (χ1n) is 4.34. The molecule has 0 radical (unpaired) electrons. The summed E-state index contributed by atoms with van der Waals surface area (Å²) in [7, 11) is 1.73. The third kappa shape index (κ3) is 1.93. The SMILES string of the molecule is Cc1nn(C)cc1C(O)C(C)C(=O)O. The highest BCUT2D eigenvalue weighted by molar-refractivity contribution is 5.70. The van der Waals surface area contributed by atoms with Crippen molar-refractivity contribution < 1.29 is 15.0 Å². The lowest BCUT2D eigenvalue weighted by Gasteiger charge is -2.13. The van der Waals surface area contributed by atoms with Gasteiger partial charge in [0.05, 0.1) is 17.7 Å². The van der Waals surface area contributed by atoms with Crippen LogP contribution >= 0.6 is 0 Å². The minimum atomic E-state index is -1.01. The van der Waals surface area contributed by atoms with Gasteiger partial charge in [0.25, 0.3) is 0 Å². The Labute approximate surface area is 82.0 Å². The third-order valence-electron chi connectivity index (χ3n) is 2.23. The number of carbonyl (C=O) groups is 1. The van der Waals surface area contributed by atoms with Gasteiger partial charge in [-0.2, -0.15) is 5.10 Å². The molecule has 2 atom stereocenters. The number of nitrogens with zero attached hydrogens (tertiary/aromatic N) is 2. The lowest BCUT2D eigenvalue weighted by molar-refractivity contribution is -0.145. The first kappa shape index (κ1) is 10.7. The highest BCUT2D eigenvalue weighted by Gasteiger charge is 2.25. The fraction of sp³-hybridized carbons (Fsp3) is 0.556. The number of aryl methyl sites for hydroxylation is 2. The van der Waals surface area contributed by atoms with Crippen LogP contribution in [-0.2, 0) is 11.8 Å². The molecule has 0 saturated carbocycles. The monoisotopic (exact) mass is 198 g/mol. The van der Waals surface area contributed by atoms with Gasteiger partial charge in [-0.15, -0.1) is 0 Å². The summed E-state index contributed by atoms with van der Waals surface area (Å²) in [5.41, 5.74) is 1.23. The van der Waals surface area contributed by atoms with Gasteiger partial charge >= 0.3 is 5.97 Å². The van der Waals surface area contributed by atoms with Crippen LogP contribution in [0.3, 0.4) is 0 Å². The maximum atomic E-state index is 10.6. The standard InChI is InChI=1S/C9H14N2O3/c1-5(9(13)14)8(12)7-4-11(3)10-6(7)2/h4-5,8,12H,1-3H3,(H,13,14). The van der Waals surface area contributed by atoms with Gasteiger partial charge in [-0.05, 0) is 13.8 Å². The maximum absolute atomic E-state index is 10.6. The Kier molecular flexibility index (Phi) is 2.90. The van der Waals surface area contributed by atoms with Crippen LogP contribution in [0, 0.1) is 12.8 Å². The largest absolute Gasteiger partial charge is 0.481 e. The molecule has 2 unspecified atom stereocenters. The van der Waals surface area contributed by atoms with Crippen molar-refractivity contribution >= 4 is 5.97 Å². The highest BCUT2D eigenvalue weighted by Crippen LogP contribution is 2.23. The number of aliphatic hydroxyl groups excluding tert-OH is 1. The van der Waals surface area contributed by atoms with Crippen molar-refractivity contribution in [3.63, 3.8) is 0 Å². The Morgan fingerprint density at radius 1 is 1.64 bits per heavy atom. The van der Waals surface area contributed by atoms with E-state index in [2.05, 4.69) is 5.10 Å². The fourth-order valence-corrected chi connectivity index (χ4v) is 1.31. The Morgan fingerprint density at radius 3 is 2.57 bits per heavy atom. The first-order chi connectivity index (χ1) is 6.43. The van der Waals surface area contributed by atoms with Crippen LogP contribution in [0.5, 0.6) is 0 Å². The molecule has 14 heavy (non-hydrogen) atoms. The zero-order valence-electron chi connectivity index (χ0n) is 8.43. The minimum absolute atomic E-state index is 0.572. The average molecular weight is 198 g/mol. The second kappa shape index (κ2) is 3.79. The average Bonchev–Trinajstić information content (AvgIpc) is 2.42. The van der Waals surface area contributed by atoms with Gasteiger partial charge in [-0.25, -0.2) is 0 Å². The predicted molar refractivity (Wildman–Crippen MR) is 49.7 cm³/mol. The lowest BCUT2D eigenvalue weighted by Crippen LogP contribution is -2.18. The van der Waals surface area contributed by atoms with Crippen molar-refractivity contribution in [2.45, 2.75) is 20.0 Å². The number of hydrogen-bond donors (Lipinski definition) is 2. The molecule has 0 bridgehead atoms. The number of carboxylic acid groups (broad SMARTS) is 1. The molecule has 0 aromatic carbocycles. The predicted octanol–water partition coefficient (Wildman–Crippen LogP) is 0.483. The molecule has 1 aromatic heterocycles. The zero-order chi connectivity index (χ0) is 10.9. The van der Waals surface area contributed by atoms with E-state index in [4.69, 9.17) is 5.11 Å². The van der Waals surface area contributed by atoms with Gasteiger partial charge in [0.1, 0.15) is 0 Å². The maximum Gasteiger partial charge on any atom is 0.309 e. The summed E-state index contributed by atoms with van der Waals surface area (Å²) in [6.07, 6.45) is 0.639. The Morgan fingerprint density at radius 2 is 2.21 bits per heavy atom. The Hall–Kier alpha value is -1.36. The fourth-order valence-electron chi connectivity index (χ4n) is 1.31. The summed E-state index contributed by atoms with van der Waals surface area (Å²) in [6.45, 7) is 3.21. The number of aliphatic hydroxyl groups is 1. The van der Waals surface area contributed by atoms with Crippen molar-refractivity contribution in [1.82, 2.24) is 9.78 Å². The van der Waals surface area contributed by atoms with Gasteiger partial charge in [0.2, 0.25) is 0 Å². The molecule has 1 rings (SSSR count). The summed E-state index contributed by atoms with van der Waals surface area (Å²) in [5, 5.41) is 22.5. The van der Waals surface area contributed by atoms with Crippen LogP contribution < -0.4 is 0 Å². The van der Waals surface area contributed by atoms with Crippen LogP contribution in [0.2, 0.25) is 0 Å². The van der Waals surface area contributed by atoms with Crippen LogP contribution in [0.4, 0.5) is 0 Å². The van der Waals surface area contributed by atoms with Crippen molar-refractivity contribution in [2.75, 3.05) is 0 Å². The number of aliphatic carboxylic acids is 1. The summed E-state index contributed by atoms with van der Waals surface area (Å²) in [4.78, 5) is 10.6. The van der Waals surface area contributed by atoms with E-state index in [0.717, 1.165) is 0 Å². The van der Waals surface area contributed by atoms with E-state index in [0.29, 0.717) is 11.3 Å². The molecule has 2 N–H and O–H groups in total. The molecule has 1 aromatic rings. The summed E-state index contributed by atoms with van der Waals surface area (Å²) < 4.78 is 1.56. The van der Waals surface area contributed by atoms with E-state index in [-0.39, 0.29) is 0 Å². The molecule has 0 fully saturated rings. The van der Waals surface area contributed by atoms with Gasteiger partial charge < -0.3 is 10.2 Å². The highest BCUT2D eigenvalue weighted by atomic mass is 16.4. The topological polar surface area (TPSA) is 75.3 Å². The quantitative estimate of drug-likeness (QED) is 0.740. The molecule has 5 heteroatoms. The van der Waals surface area contributed by atoms with Crippen molar-refractivity contribution in [3.05, 3.63) is 17.5 Å². The number of hydrogen-bond acceptors (Lipinski definition) is 3. The number of rotatable bonds is 3. The van der Waals surface area contributed by atoms with Crippen molar-refractivity contribution in [2.24, 2.45) is 13.0 Å². The molecule has 0 aliphatic rings. The van der Waals surface area contributed by atoms with Crippen LogP contribution in [0.25, 0.3) is 0 Å². The van der Waals surface area contributed by atoms with E-state index in [1.54, 1.807) is 24.9 Å². The normalized spacial score (nSPS) is 15.1. The molecule has 0 aliphatic heterocycles.